The summed E-state index contributed by atoms with van der Waals surface area (Å²) >= 11 is 0. The largest absolute Gasteiger partial charge is 0.365 e. The van der Waals surface area contributed by atoms with Gasteiger partial charge in [0.15, 0.2) is 0 Å². The minimum atomic E-state index is 0.238. The molecule has 0 amide bonds. The smallest absolute Gasteiger partial charge is 0.0867 e. The van der Waals surface area contributed by atoms with Crippen molar-refractivity contribution in [3.63, 3.8) is 0 Å². The van der Waals surface area contributed by atoms with Gasteiger partial charge in [-0.3, -0.25) is 0 Å². The molecule has 6 unspecified atom stereocenters. The van der Waals surface area contributed by atoms with Gasteiger partial charge in [0.25, 0.3) is 0 Å². The third kappa shape index (κ3) is 6.78. The number of hydrogen-bond donors (Lipinski definition) is 0. The van der Waals surface area contributed by atoms with Crippen molar-refractivity contribution >= 4 is 12.2 Å². The highest BCUT2D eigenvalue weighted by Gasteiger charge is 2.47. The molecule has 0 radical (unpaired) electrons. The molecule has 10 aliphatic carbocycles. The molecule has 310 valence electrons. The summed E-state index contributed by atoms with van der Waals surface area (Å²) in [7, 11) is 0. The van der Waals surface area contributed by atoms with Gasteiger partial charge in [-0.1, -0.05) is 114 Å². The molecule has 1 aromatic carbocycles. The quantitative estimate of drug-likeness (QED) is 0.266. The SMILES string of the molecule is C1=CCCC(C2=CCCC3C2OC2C=CC(C4CC=C(N(C5C=C[C@H](c6cc7c(c8c6C=CCC8)CCC=C7)CC5)[C@@H]5CCC6=C(CC[C@H]7C=CCC[C@@H]67)C5)CC4)=CC23)=C1. The summed E-state index contributed by atoms with van der Waals surface area (Å²) in [6, 6.07) is 3.72. The Labute approximate surface area is 361 Å². The number of allylic oxidation sites excluding steroid dienone is 14. The lowest BCUT2D eigenvalue weighted by molar-refractivity contribution is 0.0755. The molecule has 1 aromatic rings. The Hall–Kier alpha value is -3.88. The summed E-state index contributed by atoms with van der Waals surface area (Å²) in [5.41, 5.74) is 18.0. The van der Waals surface area contributed by atoms with E-state index < -0.39 is 0 Å². The van der Waals surface area contributed by atoms with Crippen LogP contribution in [0.5, 0.6) is 0 Å². The molecule has 11 aliphatic rings. The van der Waals surface area contributed by atoms with Gasteiger partial charge in [-0.05, 0) is 197 Å². The van der Waals surface area contributed by atoms with E-state index in [9.17, 15) is 0 Å². The molecule has 60 heavy (non-hydrogen) atoms. The molecule has 2 heteroatoms. The number of nitrogens with zero attached hydrogens (tertiary/aromatic N) is 1. The molecular weight excluding hydrogens is 727 g/mol. The summed E-state index contributed by atoms with van der Waals surface area (Å²) in [5, 5.41) is 0. The summed E-state index contributed by atoms with van der Waals surface area (Å²) in [6.45, 7) is 0. The maximum Gasteiger partial charge on any atom is 0.0867 e. The molecule has 1 fully saturated rings. The highest BCUT2D eigenvalue weighted by atomic mass is 16.5. The average Bonchev–Trinajstić information content (AvgIpc) is 3.70. The van der Waals surface area contributed by atoms with E-state index >= 15 is 0 Å². The van der Waals surface area contributed by atoms with Crippen LogP contribution in [-0.4, -0.2) is 29.2 Å². The van der Waals surface area contributed by atoms with Gasteiger partial charge in [-0.15, -0.1) is 0 Å². The fraction of sp³-hybridized carbons (Fsp3) is 0.517. The molecule has 2 nitrogen and oxygen atoms in total. The number of hydrogen-bond acceptors (Lipinski definition) is 2. The third-order valence-corrected chi connectivity index (χ3v) is 17.5. The Kier molecular flexibility index (Phi) is 10.2. The standard InChI is InChI=1S/C58H67NO/c1-2-11-39(12-3-1)51-19-10-20-54-56-36-42(27-34-57(56)60-58(51)54)38-23-28-45(29-24-38)59(47-32-33-50-44(35-47)22-21-40-13-4-6-15-48(40)50)46-30-25-41(26-31-46)55-37-43-14-5-7-16-49(43)52-17-8-9-18-53(52)55/h1-2,4-5,9,11,13-14,18-19,25,27-28,30,34,36-38,40-41,46-48,54,56-58H,3,6-8,10,12,15-17,20-24,26,29,31-33,35H2/t38?,40-,41+,46?,47-,48-,54?,56?,57?,58?/m1/s1. The van der Waals surface area contributed by atoms with Crippen molar-refractivity contribution in [3.05, 3.63) is 153 Å². The van der Waals surface area contributed by atoms with Crippen molar-refractivity contribution in [2.75, 3.05) is 0 Å². The van der Waals surface area contributed by atoms with Gasteiger partial charge in [-0.2, -0.15) is 0 Å². The van der Waals surface area contributed by atoms with Crippen molar-refractivity contribution < 1.29 is 4.74 Å². The van der Waals surface area contributed by atoms with Gasteiger partial charge in [0.2, 0.25) is 0 Å². The number of rotatable bonds is 6. The zero-order valence-corrected chi connectivity index (χ0v) is 36.1. The number of ether oxygens (including phenoxy) is 1. The summed E-state index contributed by atoms with van der Waals surface area (Å²) in [5.74, 6) is 3.91. The minimum absolute atomic E-state index is 0.238. The maximum absolute atomic E-state index is 6.91. The summed E-state index contributed by atoms with van der Waals surface area (Å²) < 4.78 is 6.91. The highest BCUT2D eigenvalue weighted by molar-refractivity contribution is 5.70. The van der Waals surface area contributed by atoms with Crippen molar-refractivity contribution in [1.29, 1.82) is 0 Å². The van der Waals surface area contributed by atoms with Crippen LogP contribution in [-0.2, 0) is 17.6 Å². The van der Waals surface area contributed by atoms with Crippen LogP contribution in [0.3, 0.4) is 0 Å². The lowest BCUT2D eigenvalue weighted by Crippen LogP contribution is -2.45. The van der Waals surface area contributed by atoms with Crippen LogP contribution in [0.4, 0.5) is 0 Å². The highest BCUT2D eigenvalue weighted by Crippen LogP contribution is 2.51. The molecule has 12 rings (SSSR count). The summed E-state index contributed by atoms with van der Waals surface area (Å²) in [6.07, 6.45) is 65.6. The Bertz CT molecular complexity index is 2240. The fourth-order valence-electron chi connectivity index (χ4n) is 14.6. The maximum atomic E-state index is 6.91. The predicted octanol–water partition coefficient (Wildman–Crippen LogP) is 14.1. The van der Waals surface area contributed by atoms with Gasteiger partial charge in [0.05, 0.1) is 12.2 Å². The van der Waals surface area contributed by atoms with Crippen molar-refractivity contribution in [3.8, 4) is 0 Å². The number of fused-ring (bicyclic) bond motifs is 8. The molecule has 0 bridgehead atoms. The zero-order valence-electron chi connectivity index (χ0n) is 36.1. The van der Waals surface area contributed by atoms with Gasteiger partial charge in [-0.25, -0.2) is 0 Å². The molecule has 0 saturated carbocycles. The first-order valence-electron chi connectivity index (χ1n) is 24.9. The van der Waals surface area contributed by atoms with Crippen molar-refractivity contribution in [1.82, 2.24) is 4.90 Å². The molecular formula is C58H67NO. The Morgan fingerprint density at radius 3 is 2.50 bits per heavy atom. The monoisotopic (exact) mass is 794 g/mol. The first-order valence-corrected chi connectivity index (χ1v) is 24.9. The zero-order chi connectivity index (χ0) is 39.6. The molecule has 0 N–H and O–H groups in total. The first-order chi connectivity index (χ1) is 29.7. The lowest BCUT2D eigenvalue weighted by Gasteiger charge is -2.48. The molecule has 1 aliphatic heterocycles. The van der Waals surface area contributed by atoms with E-state index in [1.807, 2.05) is 11.1 Å². The molecule has 0 spiro atoms. The van der Waals surface area contributed by atoms with Crippen LogP contribution in [0.2, 0.25) is 0 Å². The van der Waals surface area contributed by atoms with Crippen LogP contribution >= 0.6 is 0 Å². The average molecular weight is 794 g/mol. The van der Waals surface area contributed by atoms with E-state index in [2.05, 4.69) is 108 Å². The Balaban J connectivity index is 0.809. The number of benzene rings is 1. The van der Waals surface area contributed by atoms with Gasteiger partial charge >= 0.3 is 0 Å². The van der Waals surface area contributed by atoms with Gasteiger partial charge in [0, 0.05) is 29.6 Å². The predicted molar refractivity (Wildman–Crippen MR) is 249 cm³/mol. The normalized spacial score (nSPS) is 36.2. The fourth-order valence-corrected chi connectivity index (χ4v) is 14.6. The minimum Gasteiger partial charge on any atom is -0.365 e. The second-order valence-corrected chi connectivity index (χ2v) is 20.5. The van der Waals surface area contributed by atoms with Crippen molar-refractivity contribution in [2.45, 2.75) is 159 Å². The van der Waals surface area contributed by atoms with Gasteiger partial charge < -0.3 is 9.64 Å². The van der Waals surface area contributed by atoms with Crippen LogP contribution in [0.25, 0.3) is 12.2 Å². The molecule has 1 heterocycles. The molecule has 10 atom stereocenters. The topological polar surface area (TPSA) is 12.5 Å². The molecule has 0 aromatic heterocycles. The van der Waals surface area contributed by atoms with E-state index in [1.54, 1.807) is 33.5 Å². The van der Waals surface area contributed by atoms with Crippen LogP contribution < -0.4 is 0 Å². The second-order valence-electron chi connectivity index (χ2n) is 20.5. The van der Waals surface area contributed by atoms with Crippen molar-refractivity contribution in [2.24, 2.45) is 29.6 Å². The second kappa shape index (κ2) is 16.1. The van der Waals surface area contributed by atoms with E-state index in [0.717, 1.165) is 24.7 Å². The van der Waals surface area contributed by atoms with Gasteiger partial charge in [0.1, 0.15) is 0 Å². The van der Waals surface area contributed by atoms with Crippen LogP contribution in [0.15, 0.2) is 125 Å². The third-order valence-electron chi connectivity index (χ3n) is 17.5. The first kappa shape index (κ1) is 37.8. The van der Waals surface area contributed by atoms with E-state index in [4.69, 9.17) is 4.74 Å². The van der Waals surface area contributed by atoms with Crippen LogP contribution in [0.1, 0.15) is 149 Å². The lowest BCUT2D eigenvalue weighted by atomic mass is 9.66. The Morgan fingerprint density at radius 1 is 0.683 bits per heavy atom. The van der Waals surface area contributed by atoms with E-state index in [-0.39, 0.29) is 12.2 Å². The van der Waals surface area contributed by atoms with Crippen LogP contribution in [0, 0.1) is 29.6 Å². The van der Waals surface area contributed by atoms with E-state index in [0.29, 0.717) is 35.8 Å². The van der Waals surface area contributed by atoms with E-state index in [1.165, 1.54) is 132 Å². The molecule has 1 saturated heterocycles. The summed E-state index contributed by atoms with van der Waals surface area (Å²) in [4.78, 5) is 3.03. The Morgan fingerprint density at radius 2 is 1.62 bits per heavy atom.